The molecule has 9 heteroatoms. The first-order valence-corrected chi connectivity index (χ1v) is 14.4. The number of rotatable bonds is 4. The van der Waals surface area contributed by atoms with Crippen LogP contribution in [-0.2, 0) is 25.9 Å². The third-order valence-electron chi connectivity index (χ3n) is 8.52. The van der Waals surface area contributed by atoms with E-state index in [4.69, 9.17) is 14.7 Å². The van der Waals surface area contributed by atoms with E-state index in [1.165, 1.54) is 5.56 Å². The standard InChI is InChI=1S/C31H36FN7O/c1-19-34-26-13-21(15-33-29(26)35-19)20-4-5-27-22(12-20)16-39(10-11-40-27)30-24-14-31(2,3)8-6-25(24)36-28(37-30)18-38-9-7-23(32)17-38/h4-5,12-13,15,23H,6-11,14,16-18H2,1-3H3,(H,33,34,35)/t23-/m0/s1. The molecule has 8 nitrogen and oxygen atoms in total. The number of likely N-dealkylation sites (tertiary alicyclic amines) is 1. The van der Waals surface area contributed by atoms with Gasteiger partial charge in [-0.3, -0.25) is 4.90 Å². The molecule has 3 aliphatic rings. The molecule has 5 heterocycles. The molecule has 1 fully saturated rings. The average molecular weight is 542 g/mol. The Labute approximate surface area is 234 Å². The quantitative estimate of drug-likeness (QED) is 0.381. The Morgan fingerprint density at radius 1 is 1.12 bits per heavy atom. The normalized spacial score (nSPS) is 20.7. The molecule has 208 valence electrons. The molecule has 7 rings (SSSR count). The number of aromatic amines is 1. The fourth-order valence-corrected chi connectivity index (χ4v) is 6.37. The van der Waals surface area contributed by atoms with Crippen molar-refractivity contribution in [3.63, 3.8) is 0 Å². The molecule has 0 radical (unpaired) electrons. The maximum absolute atomic E-state index is 13.9. The summed E-state index contributed by atoms with van der Waals surface area (Å²) in [6, 6.07) is 8.49. The number of H-pyrrole nitrogens is 1. The molecule has 0 saturated carbocycles. The van der Waals surface area contributed by atoms with Gasteiger partial charge in [0.05, 0.1) is 18.6 Å². The molecule has 0 unspecified atom stereocenters. The number of ether oxygens (including phenoxy) is 1. The third kappa shape index (κ3) is 4.91. The summed E-state index contributed by atoms with van der Waals surface area (Å²) in [7, 11) is 0. The van der Waals surface area contributed by atoms with Crippen molar-refractivity contribution in [1.82, 2.24) is 29.8 Å². The van der Waals surface area contributed by atoms with Crippen LogP contribution in [0.25, 0.3) is 22.3 Å². The van der Waals surface area contributed by atoms with Crippen molar-refractivity contribution in [2.24, 2.45) is 5.41 Å². The number of fused-ring (bicyclic) bond motifs is 3. The van der Waals surface area contributed by atoms with Crippen LogP contribution in [0.15, 0.2) is 30.5 Å². The number of alkyl halides is 1. The van der Waals surface area contributed by atoms with Crippen LogP contribution in [0.2, 0.25) is 0 Å². The van der Waals surface area contributed by atoms with E-state index in [9.17, 15) is 4.39 Å². The molecule has 1 aromatic carbocycles. The van der Waals surface area contributed by atoms with Crippen LogP contribution in [0.3, 0.4) is 0 Å². The van der Waals surface area contributed by atoms with Crippen LogP contribution >= 0.6 is 0 Å². The number of nitrogens with one attached hydrogen (secondary N) is 1. The summed E-state index contributed by atoms with van der Waals surface area (Å²) in [5.41, 5.74) is 7.53. The van der Waals surface area contributed by atoms with Gasteiger partial charge in [0.15, 0.2) is 5.65 Å². The van der Waals surface area contributed by atoms with Gasteiger partial charge in [0, 0.05) is 48.2 Å². The van der Waals surface area contributed by atoms with E-state index in [0.717, 1.165) is 89.1 Å². The zero-order chi connectivity index (χ0) is 27.4. The number of hydrogen-bond acceptors (Lipinski definition) is 7. The van der Waals surface area contributed by atoms with Crippen molar-refractivity contribution in [2.75, 3.05) is 31.1 Å². The van der Waals surface area contributed by atoms with Crippen molar-refractivity contribution in [2.45, 2.75) is 65.7 Å². The SMILES string of the molecule is Cc1nc2ncc(-c3ccc4c(c3)CN(c3nc(CN5CC[C@H](F)C5)nc5c3CC(C)(C)CC5)CCO4)cc2[nH]1. The summed E-state index contributed by atoms with van der Waals surface area (Å²) in [5.74, 6) is 3.58. The molecule has 0 spiro atoms. The van der Waals surface area contributed by atoms with Crippen molar-refractivity contribution < 1.29 is 9.13 Å². The largest absolute Gasteiger partial charge is 0.491 e. The highest BCUT2D eigenvalue weighted by molar-refractivity contribution is 5.78. The maximum atomic E-state index is 13.9. The van der Waals surface area contributed by atoms with Crippen LogP contribution in [0.5, 0.6) is 5.75 Å². The molecular formula is C31H36FN7O. The second kappa shape index (κ2) is 9.80. The van der Waals surface area contributed by atoms with Gasteiger partial charge in [-0.1, -0.05) is 19.9 Å². The zero-order valence-corrected chi connectivity index (χ0v) is 23.5. The van der Waals surface area contributed by atoms with E-state index in [1.807, 2.05) is 13.1 Å². The minimum absolute atomic E-state index is 0.202. The van der Waals surface area contributed by atoms with Gasteiger partial charge in [-0.15, -0.1) is 0 Å². The van der Waals surface area contributed by atoms with Crippen LogP contribution in [0.4, 0.5) is 10.2 Å². The lowest BCUT2D eigenvalue weighted by molar-refractivity contribution is 0.275. The van der Waals surface area contributed by atoms with E-state index < -0.39 is 6.17 Å². The molecule has 1 aliphatic carbocycles. The summed E-state index contributed by atoms with van der Waals surface area (Å²) in [6.07, 6.45) is 4.74. The first kappa shape index (κ1) is 25.4. The molecule has 1 N–H and O–H groups in total. The Balaban J connectivity index is 1.24. The monoisotopic (exact) mass is 541 g/mol. The van der Waals surface area contributed by atoms with Gasteiger partial charge in [0.2, 0.25) is 0 Å². The number of benzene rings is 1. The Kier molecular flexibility index (Phi) is 6.22. The smallest absolute Gasteiger partial charge is 0.177 e. The number of anilines is 1. The summed E-state index contributed by atoms with van der Waals surface area (Å²) in [6.45, 7) is 10.4. The Bertz CT molecular complexity index is 1580. The summed E-state index contributed by atoms with van der Waals surface area (Å²) >= 11 is 0. The first-order chi connectivity index (χ1) is 19.3. The van der Waals surface area contributed by atoms with Gasteiger partial charge in [-0.05, 0) is 61.8 Å². The molecule has 0 amide bonds. The van der Waals surface area contributed by atoms with Gasteiger partial charge in [0.1, 0.15) is 36.0 Å². The number of imidazole rings is 1. The highest BCUT2D eigenvalue weighted by Gasteiger charge is 2.32. The van der Waals surface area contributed by atoms with Crippen molar-refractivity contribution in [1.29, 1.82) is 0 Å². The minimum atomic E-state index is -0.750. The second-order valence-corrected chi connectivity index (χ2v) is 12.4. The number of aromatic nitrogens is 5. The Hall–Kier alpha value is -3.59. The average Bonchev–Trinajstić information content (AvgIpc) is 3.43. The molecule has 0 bridgehead atoms. The van der Waals surface area contributed by atoms with Crippen molar-refractivity contribution in [3.8, 4) is 16.9 Å². The van der Waals surface area contributed by atoms with E-state index in [1.54, 1.807) is 0 Å². The Morgan fingerprint density at radius 2 is 2.02 bits per heavy atom. The predicted octanol–water partition coefficient (Wildman–Crippen LogP) is 5.18. The Morgan fingerprint density at radius 3 is 2.88 bits per heavy atom. The van der Waals surface area contributed by atoms with Crippen molar-refractivity contribution in [3.05, 3.63) is 58.9 Å². The highest BCUT2D eigenvalue weighted by Crippen LogP contribution is 2.39. The number of nitrogens with zero attached hydrogens (tertiary/aromatic N) is 6. The second-order valence-electron chi connectivity index (χ2n) is 12.4. The molecule has 3 aromatic heterocycles. The number of hydrogen-bond donors (Lipinski definition) is 1. The van der Waals surface area contributed by atoms with Crippen LogP contribution in [-0.4, -0.2) is 62.2 Å². The zero-order valence-electron chi connectivity index (χ0n) is 23.5. The first-order valence-electron chi connectivity index (χ1n) is 14.4. The number of halogens is 1. The summed E-state index contributed by atoms with van der Waals surface area (Å²) in [5, 5.41) is 0. The van der Waals surface area contributed by atoms with Gasteiger partial charge < -0.3 is 14.6 Å². The molecule has 1 saturated heterocycles. The van der Waals surface area contributed by atoms with Gasteiger partial charge in [0.25, 0.3) is 0 Å². The molecule has 2 aliphatic heterocycles. The lowest BCUT2D eigenvalue weighted by atomic mass is 9.76. The van der Waals surface area contributed by atoms with Gasteiger partial charge >= 0.3 is 0 Å². The minimum Gasteiger partial charge on any atom is -0.491 e. The topological polar surface area (TPSA) is 83.1 Å². The predicted molar refractivity (Wildman–Crippen MR) is 153 cm³/mol. The lowest BCUT2D eigenvalue weighted by Crippen LogP contribution is -2.32. The van der Waals surface area contributed by atoms with Gasteiger partial charge in [-0.2, -0.15) is 0 Å². The fraction of sp³-hybridized carbons (Fsp3) is 0.484. The summed E-state index contributed by atoms with van der Waals surface area (Å²) in [4.78, 5) is 27.0. The highest BCUT2D eigenvalue weighted by atomic mass is 19.1. The third-order valence-corrected chi connectivity index (χ3v) is 8.52. The van der Waals surface area contributed by atoms with E-state index in [0.29, 0.717) is 32.7 Å². The van der Waals surface area contributed by atoms with Gasteiger partial charge in [-0.25, -0.2) is 24.3 Å². The molecule has 40 heavy (non-hydrogen) atoms. The van der Waals surface area contributed by atoms with Crippen LogP contribution in [0.1, 0.15) is 55.2 Å². The fourth-order valence-electron chi connectivity index (χ4n) is 6.37. The van der Waals surface area contributed by atoms with Crippen LogP contribution < -0.4 is 9.64 Å². The summed E-state index contributed by atoms with van der Waals surface area (Å²) < 4.78 is 20.1. The van der Waals surface area contributed by atoms with Crippen molar-refractivity contribution >= 4 is 17.0 Å². The molecular weight excluding hydrogens is 505 g/mol. The number of aryl methyl sites for hydroxylation is 2. The number of pyridine rings is 1. The van der Waals surface area contributed by atoms with Crippen LogP contribution in [0, 0.1) is 12.3 Å². The maximum Gasteiger partial charge on any atom is 0.177 e. The molecule has 4 aromatic rings. The van der Waals surface area contributed by atoms with E-state index in [-0.39, 0.29) is 5.41 Å². The molecule has 1 atom stereocenters. The van der Waals surface area contributed by atoms with E-state index in [2.05, 4.69) is 62.9 Å². The van der Waals surface area contributed by atoms with E-state index >= 15 is 0 Å². The lowest BCUT2D eigenvalue weighted by Gasteiger charge is -2.34.